The van der Waals surface area contributed by atoms with Gasteiger partial charge >= 0.3 is 5.97 Å². The highest BCUT2D eigenvalue weighted by atomic mass is 16.7. The van der Waals surface area contributed by atoms with E-state index in [-0.39, 0.29) is 25.0 Å². The van der Waals surface area contributed by atoms with Crippen LogP contribution in [0.3, 0.4) is 0 Å². The molecule has 7 nitrogen and oxygen atoms in total. The second-order valence-corrected chi connectivity index (χ2v) is 8.33. The van der Waals surface area contributed by atoms with Crippen LogP contribution in [0.4, 0.5) is 0 Å². The lowest BCUT2D eigenvalue weighted by atomic mass is 9.78. The monoisotopic (exact) mass is 376 g/mol. The van der Waals surface area contributed by atoms with Crippen LogP contribution < -0.4 is 14.2 Å². The maximum absolute atomic E-state index is 13.2. The smallest absolute Gasteiger partial charge is 0.319 e. The number of Topliss-reactive ketones (excluding diaryl/α,β-unsaturated/α-hetero) is 1. The number of carbonyl (C=O) groups is 2. The van der Waals surface area contributed by atoms with Crippen molar-refractivity contribution in [2.75, 3.05) is 41.1 Å². The number of esters is 1. The first-order valence-electron chi connectivity index (χ1n) is 9.30. The lowest BCUT2D eigenvalue weighted by Gasteiger charge is -2.43. The Morgan fingerprint density at radius 1 is 1.33 bits per heavy atom. The second-order valence-electron chi connectivity index (χ2n) is 8.33. The molecule has 1 aromatic carbocycles. The molecule has 1 saturated heterocycles. The zero-order chi connectivity index (χ0) is 19.4. The molecule has 3 aliphatic heterocycles. The molecule has 1 fully saturated rings. The molecule has 7 heteroatoms. The van der Waals surface area contributed by atoms with E-state index in [9.17, 15) is 9.59 Å². The van der Waals surface area contributed by atoms with Crippen molar-refractivity contribution < 1.29 is 33.0 Å². The summed E-state index contributed by atoms with van der Waals surface area (Å²) in [4.78, 5) is 25.3. The topological polar surface area (TPSA) is 71.1 Å². The number of carbonyl (C=O) groups excluding carboxylic acids is 2. The lowest BCUT2D eigenvalue weighted by molar-refractivity contribution is -0.922. The van der Waals surface area contributed by atoms with Gasteiger partial charge in [-0.15, -0.1) is 0 Å². The summed E-state index contributed by atoms with van der Waals surface area (Å²) < 4.78 is 22.6. The minimum absolute atomic E-state index is 0.0752. The summed E-state index contributed by atoms with van der Waals surface area (Å²) in [5, 5.41) is 0. The van der Waals surface area contributed by atoms with Gasteiger partial charge in [0.1, 0.15) is 11.5 Å². The summed E-state index contributed by atoms with van der Waals surface area (Å²) in [5.74, 6) is 1.44. The van der Waals surface area contributed by atoms with Gasteiger partial charge in [-0.1, -0.05) is 0 Å². The molecule has 0 aromatic heterocycles. The molecule has 146 valence electrons. The molecule has 0 bridgehead atoms. The van der Waals surface area contributed by atoms with Gasteiger partial charge < -0.3 is 23.4 Å². The summed E-state index contributed by atoms with van der Waals surface area (Å²) in [7, 11) is 5.83. The number of rotatable bonds is 4. The standard InChI is InChI=1S/C20H26NO6/c1-20(6-8-25-19(20)23)15(22)10-13-16-12(5-7-21(13,2)3)9-14-17(18(16)24-4)27-11-26-14/h9,13H,5-8,10-11H2,1-4H3/q+1. The second kappa shape index (κ2) is 6.12. The highest BCUT2D eigenvalue weighted by Gasteiger charge is 2.50. The number of hydrogen-bond acceptors (Lipinski definition) is 6. The van der Waals surface area contributed by atoms with Crippen molar-refractivity contribution in [2.24, 2.45) is 5.41 Å². The van der Waals surface area contributed by atoms with Crippen molar-refractivity contribution >= 4 is 11.8 Å². The predicted octanol–water partition coefficient (Wildman–Crippen LogP) is 2.01. The first-order valence-corrected chi connectivity index (χ1v) is 9.30. The molecule has 0 spiro atoms. The highest BCUT2D eigenvalue weighted by molar-refractivity contribution is 6.04. The first-order chi connectivity index (χ1) is 12.8. The van der Waals surface area contributed by atoms with E-state index in [1.165, 1.54) is 0 Å². The van der Waals surface area contributed by atoms with Gasteiger partial charge in [0, 0.05) is 12.8 Å². The van der Waals surface area contributed by atoms with Gasteiger partial charge in [0.05, 0.1) is 46.3 Å². The Morgan fingerprint density at radius 3 is 2.78 bits per heavy atom. The Hall–Kier alpha value is -2.28. The van der Waals surface area contributed by atoms with Crippen LogP contribution in [0.2, 0.25) is 0 Å². The maximum Gasteiger partial charge on any atom is 0.319 e. The van der Waals surface area contributed by atoms with Crippen LogP contribution in [0.1, 0.15) is 36.9 Å². The van der Waals surface area contributed by atoms with Gasteiger partial charge in [-0.25, -0.2) is 0 Å². The predicted molar refractivity (Wildman–Crippen MR) is 95.8 cm³/mol. The normalized spacial score (nSPS) is 27.9. The van der Waals surface area contributed by atoms with Crippen molar-refractivity contribution in [1.29, 1.82) is 0 Å². The third-order valence-corrected chi connectivity index (χ3v) is 6.36. The summed E-state index contributed by atoms with van der Waals surface area (Å²) in [5.41, 5.74) is 1.05. The van der Waals surface area contributed by atoms with Crippen molar-refractivity contribution in [1.82, 2.24) is 0 Å². The molecular formula is C20H26NO6+. The number of benzene rings is 1. The van der Waals surface area contributed by atoms with Gasteiger partial charge in [0.2, 0.25) is 12.5 Å². The number of fused-ring (bicyclic) bond motifs is 2. The molecule has 2 atom stereocenters. The van der Waals surface area contributed by atoms with Crippen LogP contribution in [0.15, 0.2) is 6.07 Å². The van der Waals surface area contributed by atoms with Crippen molar-refractivity contribution in [3.05, 3.63) is 17.2 Å². The number of cyclic esters (lactones) is 1. The number of likely N-dealkylation sites (N-methyl/N-ethyl adjacent to an activating group) is 1. The molecule has 3 heterocycles. The Morgan fingerprint density at radius 2 is 2.11 bits per heavy atom. The fourth-order valence-corrected chi connectivity index (χ4v) is 4.38. The molecule has 0 amide bonds. The maximum atomic E-state index is 13.2. The quantitative estimate of drug-likeness (QED) is 0.455. The van der Waals surface area contributed by atoms with Crippen LogP contribution in [0, 0.1) is 5.41 Å². The van der Waals surface area contributed by atoms with Gasteiger partial charge in [0.25, 0.3) is 0 Å². The van der Waals surface area contributed by atoms with Crippen LogP contribution >= 0.6 is 0 Å². The number of ether oxygens (including phenoxy) is 4. The summed E-state index contributed by atoms with van der Waals surface area (Å²) in [6.45, 7) is 3.06. The Bertz CT molecular complexity index is 817. The number of ketones is 1. The van der Waals surface area contributed by atoms with E-state index >= 15 is 0 Å². The van der Waals surface area contributed by atoms with E-state index in [0.717, 1.165) is 24.1 Å². The molecule has 0 N–H and O–H groups in total. The summed E-state index contributed by atoms with van der Waals surface area (Å²) in [6.07, 6.45) is 1.55. The van der Waals surface area contributed by atoms with Crippen LogP contribution in [0.5, 0.6) is 17.2 Å². The first kappa shape index (κ1) is 18.1. The molecule has 3 aliphatic rings. The molecule has 0 aliphatic carbocycles. The van der Waals surface area contributed by atoms with E-state index < -0.39 is 11.4 Å². The molecule has 2 unspecified atom stereocenters. The Labute approximate surface area is 158 Å². The van der Waals surface area contributed by atoms with Crippen molar-refractivity contribution in [2.45, 2.75) is 32.2 Å². The van der Waals surface area contributed by atoms with Gasteiger partial charge in [-0.05, 0) is 18.6 Å². The minimum atomic E-state index is -1.05. The third kappa shape index (κ3) is 2.67. The highest BCUT2D eigenvalue weighted by Crippen LogP contribution is 2.52. The average Bonchev–Trinajstić information content (AvgIpc) is 3.23. The molecule has 1 aromatic rings. The van der Waals surface area contributed by atoms with Crippen molar-refractivity contribution in [3.8, 4) is 17.2 Å². The molecule has 4 rings (SSSR count). The van der Waals surface area contributed by atoms with E-state index in [1.54, 1.807) is 14.0 Å². The molecule has 0 radical (unpaired) electrons. The van der Waals surface area contributed by atoms with Crippen LogP contribution in [0.25, 0.3) is 0 Å². The van der Waals surface area contributed by atoms with E-state index in [0.29, 0.717) is 34.8 Å². The largest absolute Gasteiger partial charge is 0.492 e. The van der Waals surface area contributed by atoms with Crippen molar-refractivity contribution in [3.63, 3.8) is 0 Å². The number of nitrogens with zero attached hydrogens (tertiary/aromatic N) is 1. The fourth-order valence-electron chi connectivity index (χ4n) is 4.38. The zero-order valence-electron chi connectivity index (χ0n) is 16.3. The van der Waals surface area contributed by atoms with Crippen LogP contribution in [-0.4, -0.2) is 57.4 Å². The molecule has 27 heavy (non-hydrogen) atoms. The van der Waals surface area contributed by atoms with Gasteiger partial charge in [-0.2, -0.15) is 0 Å². The van der Waals surface area contributed by atoms with Crippen LogP contribution in [-0.2, 0) is 20.7 Å². The third-order valence-electron chi connectivity index (χ3n) is 6.36. The minimum Gasteiger partial charge on any atom is -0.492 e. The SMILES string of the molecule is COc1c2c(cc3c1C(CC(=O)C1(C)CCOC1=O)[N+](C)(C)CC3)OCO2. The Balaban J connectivity index is 1.77. The lowest BCUT2D eigenvalue weighted by Crippen LogP contribution is -2.49. The number of quaternary nitrogens is 1. The van der Waals surface area contributed by atoms with E-state index in [4.69, 9.17) is 18.9 Å². The molecule has 0 saturated carbocycles. The van der Waals surface area contributed by atoms with E-state index in [2.05, 4.69) is 14.1 Å². The van der Waals surface area contributed by atoms with Gasteiger partial charge in [0.15, 0.2) is 17.3 Å². The summed E-state index contributed by atoms with van der Waals surface area (Å²) in [6, 6.07) is 1.87. The Kier molecular flexibility index (Phi) is 4.10. The number of hydrogen-bond donors (Lipinski definition) is 0. The molecular weight excluding hydrogens is 350 g/mol. The van der Waals surface area contributed by atoms with E-state index in [1.807, 2.05) is 6.07 Å². The average molecular weight is 376 g/mol. The fraction of sp³-hybridized carbons (Fsp3) is 0.600. The number of methoxy groups -OCH3 is 1. The zero-order valence-corrected chi connectivity index (χ0v) is 16.3. The van der Waals surface area contributed by atoms with Gasteiger partial charge in [-0.3, -0.25) is 9.59 Å². The summed E-state index contributed by atoms with van der Waals surface area (Å²) >= 11 is 0.